The molecule has 0 radical (unpaired) electrons. The van der Waals surface area contributed by atoms with Crippen LogP contribution in [0.4, 0.5) is 23.1 Å². The van der Waals surface area contributed by atoms with Gasteiger partial charge in [-0.25, -0.2) is 5.01 Å². The number of anilines is 4. The molecule has 36 heavy (non-hydrogen) atoms. The number of carboxylic acid groups (broad SMARTS) is 2. The number of hydrogen-bond acceptors (Lipinski definition) is 12. The van der Waals surface area contributed by atoms with E-state index in [1.807, 2.05) is 0 Å². The van der Waals surface area contributed by atoms with Crippen molar-refractivity contribution < 1.29 is 29.4 Å². The minimum atomic E-state index is -1.66. The number of H-pyrrole nitrogens is 1. The maximum atomic E-state index is 12.4. The predicted molar refractivity (Wildman–Crippen MR) is 120 cm³/mol. The molecule has 1 unspecified atom stereocenters. The molecule has 2 atom stereocenters. The summed E-state index contributed by atoms with van der Waals surface area (Å²) in [5.41, 5.74) is 5.04. The number of nitrogens with zero attached hydrogens (tertiary/aromatic N) is 4. The molecule has 5 N–H and O–H groups in total. The summed E-state index contributed by atoms with van der Waals surface area (Å²) in [4.78, 5) is 77.0. The van der Waals surface area contributed by atoms with Crippen molar-refractivity contribution in [2.75, 3.05) is 34.0 Å². The lowest BCUT2D eigenvalue weighted by Crippen LogP contribution is -2.51. The van der Waals surface area contributed by atoms with Crippen LogP contribution in [0.2, 0.25) is 0 Å². The third-order valence-corrected chi connectivity index (χ3v) is 5.32. The van der Waals surface area contributed by atoms with Crippen LogP contribution in [0.15, 0.2) is 34.3 Å². The molecule has 1 aliphatic rings. The number of aliphatic carboxylic acids is 2. The van der Waals surface area contributed by atoms with Gasteiger partial charge in [-0.3, -0.25) is 19.4 Å². The molecule has 0 bridgehead atoms. The summed E-state index contributed by atoms with van der Waals surface area (Å²) in [5.74, 6) is -3.98. The molecule has 2 amide bonds. The second-order valence-electron chi connectivity index (χ2n) is 7.66. The molecule has 2 aromatic rings. The molecular weight excluding hydrogens is 480 g/mol. The first kappa shape index (κ1) is 25.6. The Kier molecular flexibility index (Phi) is 7.78. The number of nitrogens with one attached hydrogen (secondary N) is 3. The first-order valence-electron chi connectivity index (χ1n) is 10.4. The first-order valence-corrected chi connectivity index (χ1v) is 10.4. The van der Waals surface area contributed by atoms with Crippen LogP contribution in [-0.4, -0.2) is 59.4 Å². The lowest BCUT2D eigenvalue weighted by atomic mass is 10.1. The molecule has 16 nitrogen and oxygen atoms in total. The highest BCUT2D eigenvalue weighted by Crippen LogP contribution is 2.26. The average molecular weight is 500 g/mol. The van der Waals surface area contributed by atoms with E-state index in [9.17, 15) is 39.1 Å². The van der Waals surface area contributed by atoms with Crippen molar-refractivity contribution in [3.8, 4) is 0 Å². The number of carboxylic acids is 2. The number of carbonyl (C=O) groups is 4. The van der Waals surface area contributed by atoms with Crippen LogP contribution in [0.25, 0.3) is 0 Å². The molecule has 0 saturated heterocycles. The van der Waals surface area contributed by atoms with Gasteiger partial charge < -0.3 is 41.1 Å². The maximum Gasteiger partial charge on any atom is 0.278 e. The lowest BCUT2D eigenvalue weighted by molar-refractivity contribution is -0.309. The largest absolute Gasteiger partial charge is 0.550 e. The van der Waals surface area contributed by atoms with Crippen LogP contribution in [0.5, 0.6) is 0 Å². The Hall–Kier alpha value is -5.02. The smallest absolute Gasteiger partial charge is 0.278 e. The van der Waals surface area contributed by atoms with Gasteiger partial charge in [0.25, 0.3) is 11.5 Å². The van der Waals surface area contributed by atoms with Crippen molar-refractivity contribution in [3.05, 3.63) is 45.1 Å². The van der Waals surface area contributed by atoms with Gasteiger partial charge in [0.05, 0.1) is 35.6 Å². The second-order valence-corrected chi connectivity index (χ2v) is 7.66. The average Bonchev–Trinajstić information content (AvgIpc) is 2.84. The van der Waals surface area contributed by atoms with E-state index in [1.165, 1.54) is 24.3 Å². The molecule has 3 rings (SSSR count). The number of nitrogen functional groups attached to an aromatic ring is 1. The molecule has 1 aliphatic heterocycles. The highest BCUT2D eigenvalue weighted by molar-refractivity contribution is 5.96. The van der Waals surface area contributed by atoms with E-state index in [4.69, 9.17) is 5.73 Å². The van der Waals surface area contributed by atoms with Crippen molar-refractivity contribution in [3.63, 3.8) is 0 Å². The lowest BCUT2D eigenvalue weighted by Gasteiger charge is -2.35. The van der Waals surface area contributed by atoms with E-state index >= 15 is 0 Å². The fraction of sp³-hybridized carbons (Fsp3) is 0.300. The zero-order valence-corrected chi connectivity index (χ0v) is 18.5. The van der Waals surface area contributed by atoms with Gasteiger partial charge in [-0.2, -0.15) is 4.98 Å². The molecule has 0 spiro atoms. The van der Waals surface area contributed by atoms with E-state index in [1.54, 1.807) is 0 Å². The van der Waals surface area contributed by atoms with E-state index in [2.05, 4.69) is 25.9 Å². The zero-order chi connectivity index (χ0) is 26.4. The van der Waals surface area contributed by atoms with E-state index < -0.39 is 48.3 Å². The monoisotopic (exact) mass is 500 g/mol. The zero-order valence-electron chi connectivity index (χ0n) is 18.5. The molecular formula is C20H20N8O8-2. The Balaban J connectivity index is 1.72. The third kappa shape index (κ3) is 5.72. The molecule has 1 aromatic heterocycles. The van der Waals surface area contributed by atoms with Crippen molar-refractivity contribution in [2.24, 2.45) is 5.29 Å². The number of aromatic amines is 1. The SMILES string of the molecule is Nc1nc2c(c(=O)[nH]1)N(C=O)C(CN(N=O)c1ccc(C(=O)N[C@@H](CCC(=O)[O-])C(=O)[O-])cc1)CN2. The van der Waals surface area contributed by atoms with Gasteiger partial charge >= 0.3 is 0 Å². The molecule has 0 fully saturated rings. The van der Waals surface area contributed by atoms with E-state index in [-0.39, 0.29) is 41.8 Å². The van der Waals surface area contributed by atoms with Gasteiger partial charge in [-0.1, -0.05) is 0 Å². The fourth-order valence-corrected chi connectivity index (χ4v) is 3.56. The number of aromatic nitrogens is 2. The Morgan fingerprint density at radius 3 is 2.58 bits per heavy atom. The number of hydrogen-bond donors (Lipinski definition) is 4. The molecule has 0 saturated carbocycles. The maximum absolute atomic E-state index is 12.4. The Bertz CT molecular complexity index is 1230. The molecule has 0 aliphatic carbocycles. The second kappa shape index (κ2) is 10.9. The molecule has 1 aromatic carbocycles. The summed E-state index contributed by atoms with van der Waals surface area (Å²) < 4.78 is 0. The third-order valence-electron chi connectivity index (χ3n) is 5.32. The van der Waals surface area contributed by atoms with Crippen LogP contribution < -0.4 is 42.0 Å². The normalized spacial score (nSPS) is 15.1. The van der Waals surface area contributed by atoms with Crippen LogP contribution in [0.1, 0.15) is 23.2 Å². The molecule has 2 heterocycles. The highest BCUT2D eigenvalue weighted by Gasteiger charge is 2.31. The summed E-state index contributed by atoms with van der Waals surface area (Å²) >= 11 is 0. The van der Waals surface area contributed by atoms with Crippen molar-refractivity contribution >= 4 is 47.4 Å². The van der Waals surface area contributed by atoms with Crippen LogP contribution in [0, 0.1) is 4.91 Å². The summed E-state index contributed by atoms with van der Waals surface area (Å²) in [6.07, 6.45) is -0.596. The first-order chi connectivity index (χ1) is 17.1. The minimum Gasteiger partial charge on any atom is -0.550 e. The Labute approximate surface area is 202 Å². The summed E-state index contributed by atoms with van der Waals surface area (Å²) in [6, 6.07) is 3.03. The van der Waals surface area contributed by atoms with Gasteiger partial charge in [-0.15, -0.1) is 4.91 Å². The summed E-state index contributed by atoms with van der Waals surface area (Å²) in [6.45, 7) is -0.0232. The number of carbonyl (C=O) groups excluding carboxylic acids is 4. The van der Waals surface area contributed by atoms with Gasteiger partial charge in [0.2, 0.25) is 12.4 Å². The van der Waals surface area contributed by atoms with Crippen LogP contribution in [0.3, 0.4) is 0 Å². The Morgan fingerprint density at radius 2 is 2.00 bits per heavy atom. The van der Waals surface area contributed by atoms with Crippen LogP contribution >= 0.6 is 0 Å². The van der Waals surface area contributed by atoms with Gasteiger partial charge in [0, 0.05) is 18.1 Å². The number of fused-ring (bicyclic) bond motifs is 1. The van der Waals surface area contributed by atoms with Crippen LogP contribution in [-0.2, 0) is 14.4 Å². The van der Waals surface area contributed by atoms with E-state index in [0.717, 1.165) is 9.91 Å². The number of rotatable bonds is 11. The van der Waals surface area contributed by atoms with Crippen molar-refractivity contribution in [1.29, 1.82) is 0 Å². The number of nitroso groups, excluding NO2 is 1. The van der Waals surface area contributed by atoms with Gasteiger partial charge in [0.1, 0.15) is 0 Å². The minimum absolute atomic E-state index is 0.0160. The topological polar surface area (TPSA) is 246 Å². The summed E-state index contributed by atoms with van der Waals surface area (Å²) in [5, 5.41) is 30.7. The summed E-state index contributed by atoms with van der Waals surface area (Å²) in [7, 11) is 0. The van der Waals surface area contributed by atoms with Gasteiger partial charge in [-0.05, 0) is 37.1 Å². The van der Waals surface area contributed by atoms with Crippen molar-refractivity contribution in [2.45, 2.75) is 24.9 Å². The number of nitrogens with two attached hydrogens (primary N) is 1. The van der Waals surface area contributed by atoms with Crippen molar-refractivity contribution in [1.82, 2.24) is 15.3 Å². The Morgan fingerprint density at radius 1 is 1.31 bits per heavy atom. The number of amides is 2. The fourth-order valence-electron chi connectivity index (χ4n) is 3.56. The molecule has 16 heteroatoms. The predicted octanol–water partition coefficient (Wildman–Crippen LogP) is -3.32. The standard InChI is InChI=1S/C20H22N8O8/c21-20-24-16-15(18(33)25-20)27(9-29)12(7-22-16)8-28(26-36)11-3-1-10(2-4-11)17(32)23-13(19(34)35)5-6-14(30)31/h1-4,9,12-13H,5-8H2,(H,23,32)(H,30,31)(H,34,35)(H4,21,22,24,25,33)/p-2/t12?,13-/m0/s1. The highest BCUT2D eigenvalue weighted by atomic mass is 16.4. The molecule has 190 valence electrons. The van der Waals surface area contributed by atoms with Gasteiger partial charge in [0.15, 0.2) is 11.5 Å². The quantitative estimate of drug-likeness (QED) is 0.134. The van der Waals surface area contributed by atoms with E-state index in [0.29, 0.717) is 6.41 Å². The number of benzene rings is 1.